The molecular weight excluding hydrogens is 316 g/mol. The van der Waals surface area contributed by atoms with Gasteiger partial charge >= 0.3 is 0 Å². The summed E-state index contributed by atoms with van der Waals surface area (Å²) < 4.78 is 7.62. The predicted molar refractivity (Wildman–Crippen MR) is 99.6 cm³/mol. The molecule has 0 amide bonds. The molecule has 130 valence electrons. The van der Waals surface area contributed by atoms with Crippen LogP contribution in [0.3, 0.4) is 0 Å². The van der Waals surface area contributed by atoms with Crippen LogP contribution in [0, 0.1) is 10.8 Å². The molecule has 3 aromatic rings. The largest absolute Gasteiger partial charge is 0.493 e. The van der Waals surface area contributed by atoms with Crippen molar-refractivity contribution in [3.8, 4) is 11.6 Å². The van der Waals surface area contributed by atoms with Crippen LogP contribution in [-0.2, 0) is 6.54 Å². The van der Waals surface area contributed by atoms with Gasteiger partial charge in [-0.15, -0.1) is 4.91 Å². The Kier molecular flexibility index (Phi) is 5.03. The van der Waals surface area contributed by atoms with Gasteiger partial charge in [0.2, 0.25) is 5.88 Å². The van der Waals surface area contributed by atoms with E-state index in [0.29, 0.717) is 24.5 Å². The molecule has 1 aromatic heterocycles. The molecule has 0 aliphatic rings. The van der Waals surface area contributed by atoms with Crippen LogP contribution in [-0.4, -0.2) is 16.3 Å². The molecule has 5 nitrogen and oxygen atoms in total. The van der Waals surface area contributed by atoms with Crippen molar-refractivity contribution in [2.45, 2.75) is 26.8 Å². The number of fused-ring (bicyclic) bond motifs is 1. The lowest BCUT2D eigenvalue weighted by molar-refractivity contribution is 0.286. The number of hydrogen-bond acceptors (Lipinski definition) is 4. The maximum atomic E-state index is 11.1. The quantitative estimate of drug-likeness (QED) is 0.601. The highest BCUT2D eigenvalue weighted by molar-refractivity contribution is 5.95. The van der Waals surface area contributed by atoms with E-state index in [1.807, 2.05) is 42.5 Å². The van der Waals surface area contributed by atoms with Gasteiger partial charge in [-0.3, -0.25) is 0 Å². The minimum absolute atomic E-state index is 0.0776. The molecule has 2 aromatic carbocycles. The third kappa shape index (κ3) is 3.50. The summed E-state index contributed by atoms with van der Waals surface area (Å²) in [5.74, 6) is 1.25. The third-order valence-corrected chi connectivity index (χ3v) is 4.26. The van der Waals surface area contributed by atoms with E-state index in [2.05, 4.69) is 19.0 Å². The van der Waals surface area contributed by atoms with Gasteiger partial charge in [0.25, 0.3) is 0 Å². The highest BCUT2D eigenvalue weighted by Crippen LogP contribution is 2.39. The topological polar surface area (TPSA) is 63.8 Å². The van der Waals surface area contributed by atoms with Gasteiger partial charge in [0, 0.05) is 10.9 Å². The minimum atomic E-state index is -0.117. The number of nitrogens with zero attached hydrogens (tertiary/aromatic N) is 2. The van der Waals surface area contributed by atoms with E-state index in [0.717, 1.165) is 23.3 Å². The van der Waals surface area contributed by atoms with Crippen molar-refractivity contribution < 1.29 is 9.84 Å². The zero-order chi connectivity index (χ0) is 17.8. The van der Waals surface area contributed by atoms with Crippen LogP contribution in [0.4, 0.5) is 5.69 Å². The van der Waals surface area contributed by atoms with E-state index >= 15 is 0 Å². The summed E-state index contributed by atoms with van der Waals surface area (Å²) in [6, 6.07) is 15.1. The van der Waals surface area contributed by atoms with Crippen LogP contribution < -0.4 is 4.74 Å². The monoisotopic (exact) mass is 338 g/mol. The molecule has 0 spiro atoms. The van der Waals surface area contributed by atoms with Crippen LogP contribution in [0.15, 0.2) is 53.7 Å². The van der Waals surface area contributed by atoms with E-state index in [-0.39, 0.29) is 11.6 Å². The zero-order valence-electron chi connectivity index (χ0n) is 14.5. The fraction of sp³-hybridized carbons (Fsp3) is 0.300. The molecule has 0 saturated carbocycles. The highest BCUT2D eigenvalue weighted by atomic mass is 16.5. The van der Waals surface area contributed by atoms with Crippen LogP contribution in [0.2, 0.25) is 0 Å². The molecular formula is C20H22N2O3. The molecule has 25 heavy (non-hydrogen) atoms. The first kappa shape index (κ1) is 17.0. The summed E-state index contributed by atoms with van der Waals surface area (Å²) in [5, 5.41) is 14.1. The molecule has 0 bridgehead atoms. The van der Waals surface area contributed by atoms with Crippen molar-refractivity contribution in [2.75, 3.05) is 6.61 Å². The average Bonchev–Trinajstić information content (AvgIpc) is 2.87. The van der Waals surface area contributed by atoms with Gasteiger partial charge in [-0.1, -0.05) is 50.2 Å². The second-order valence-electron chi connectivity index (χ2n) is 6.51. The summed E-state index contributed by atoms with van der Waals surface area (Å²) in [6.45, 7) is 5.37. The zero-order valence-corrected chi connectivity index (χ0v) is 14.5. The maximum absolute atomic E-state index is 11.1. The molecule has 0 aliphatic carbocycles. The second-order valence-corrected chi connectivity index (χ2v) is 6.51. The second kappa shape index (κ2) is 7.38. The number of aromatic nitrogens is 1. The standard InChI is InChI=1S/C20H22N2O3/c1-14(2)11-12-25-18-10-6-3-7-15(18)13-22-17-9-5-4-8-16(17)19(21-24)20(22)23/h3-10,14,23H,11-13H2,1-2H3. The average molecular weight is 338 g/mol. The highest BCUT2D eigenvalue weighted by Gasteiger charge is 2.18. The van der Waals surface area contributed by atoms with Gasteiger partial charge in [0.05, 0.1) is 18.7 Å². The first-order valence-corrected chi connectivity index (χ1v) is 8.46. The van der Waals surface area contributed by atoms with Crippen molar-refractivity contribution in [2.24, 2.45) is 11.1 Å². The Labute approximate surface area is 146 Å². The van der Waals surface area contributed by atoms with Crippen LogP contribution in [0.1, 0.15) is 25.8 Å². The first-order valence-electron chi connectivity index (χ1n) is 8.46. The first-order chi connectivity index (χ1) is 12.1. The SMILES string of the molecule is CC(C)CCOc1ccccc1Cn1c(O)c(N=O)c2ccccc21. The number of aromatic hydroxyl groups is 1. The van der Waals surface area contributed by atoms with Crippen molar-refractivity contribution in [1.82, 2.24) is 4.57 Å². The van der Waals surface area contributed by atoms with Gasteiger partial charge in [0.1, 0.15) is 5.75 Å². The molecule has 0 aliphatic heterocycles. The molecule has 0 atom stereocenters. The fourth-order valence-electron chi connectivity index (χ4n) is 2.87. The number of ether oxygens (including phenoxy) is 1. The van der Waals surface area contributed by atoms with Crippen molar-refractivity contribution >= 4 is 16.6 Å². The fourth-order valence-corrected chi connectivity index (χ4v) is 2.87. The summed E-state index contributed by atoms with van der Waals surface area (Å²) in [4.78, 5) is 11.1. The lowest BCUT2D eigenvalue weighted by atomic mass is 10.1. The van der Waals surface area contributed by atoms with Crippen molar-refractivity contribution in [3.63, 3.8) is 0 Å². The Morgan fingerprint density at radius 3 is 2.60 bits per heavy atom. The number of rotatable bonds is 7. The molecule has 0 unspecified atom stereocenters. The van der Waals surface area contributed by atoms with Gasteiger partial charge in [-0.05, 0) is 29.6 Å². The van der Waals surface area contributed by atoms with E-state index in [1.165, 1.54) is 0 Å². The number of para-hydroxylation sites is 2. The summed E-state index contributed by atoms with van der Waals surface area (Å²) in [6.07, 6.45) is 0.977. The molecule has 3 rings (SSSR count). The van der Waals surface area contributed by atoms with E-state index in [1.54, 1.807) is 10.6 Å². The summed E-state index contributed by atoms with van der Waals surface area (Å²) >= 11 is 0. The minimum Gasteiger partial charge on any atom is -0.493 e. The van der Waals surface area contributed by atoms with Crippen molar-refractivity contribution in [3.05, 3.63) is 59.0 Å². The Morgan fingerprint density at radius 1 is 1.12 bits per heavy atom. The summed E-state index contributed by atoms with van der Waals surface area (Å²) in [5.41, 5.74) is 1.79. The molecule has 0 saturated heterocycles. The molecule has 1 heterocycles. The van der Waals surface area contributed by atoms with Crippen LogP contribution in [0.25, 0.3) is 10.9 Å². The lowest BCUT2D eigenvalue weighted by Gasteiger charge is -2.14. The van der Waals surface area contributed by atoms with Gasteiger partial charge in [0.15, 0.2) is 5.69 Å². The Bertz CT molecular complexity index is 884. The van der Waals surface area contributed by atoms with E-state index < -0.39 is 0 Å². The van der Waals surface area contributed by atoms with E-state index in [4.69, 9.17) is 4.74 Å². The molecule has 1 N–H and O–H groups in total. The lowest BCUT2D eigenvalue weighted by Crippen LogP contribution is -2.06. The van der Waals surface area contributed by atoms with Crippen LogP contribution >= 0.6 is 0 Å². The van der Waals surface area contributed by atoms with Crippen molar-refractivity contribution in [1.29, 1.82) is 0 Å². The van der Waals surface area contributed by atoms with Crippen LogP contribution in [0.5, 0.6) is 11.6 Å². The number of hydrogen-bond donors (Lipinski definition) is 1. The van der Waals surface area contributed by atoms with E-state index in [9.17, 15) is 10.0 Å². The molecule has 0 radical (unpaired) electrons. The van der Waals surface area contributed by atoms with Gasteiger partial charge < -0.3 is 14.4 Å². The molecule has 5 heteroatoms. The molecule has 0 fully saturated rings. The Hall–Kier alpha value is -2.82. The summed E-state index contributed by atoms with van der Waals surface area (Å²) in [7, 11) is 0. The third-order valence-electron chi connectivity index (χ3n) is 4.26. The predicted octanol–water partition coefficient (Wildman–Crippen LogP) is 5.22. The Balaban J connectivity index is 1.94. The maximum Gasteiger partial charge on any atom is 0.222 e. The Morgan fingerprint density at radius 2 is 1.84 bits per heavy atom. The van der Waals surface area contributed by atoms with Gasteiger partial charge in [-0.25, -0.2) is 0 Å². The number of benzene rings is 2. The number of nitroso groups, excluding NO2 is 1. The normalized spacial score (nSPS) is 11.2. The van der Waals surface area contributed by atoms with Gasteiger partial charge in [-0.2, -0.15) is 0 Å². The smallest absolute Gasteiger partial charge is 0.222 e.